The lowest BCUT2D eigenvalue weighted by atomic mass is 10.2. The van der Waals surface area contributed by atoms with Crippen LogP contribution in [0.3, 0.4) is 0 Å². The molecule has 4 rings (SSSR count). The van der Waals surface area contributed by atoms with Gasteiger partial charge in [0.2, 0.25) is 0 Å². The summed E-state index contributed by atoms with van der Waals surface area (Å²) in [5, 5.41) is 3.99. The quantitative estimate of drug-likeness (QED) is 0.484. The van der Waals surface area contributed by atoms with Crippen molar-refractivity contribution < 1.29 is 18.4 Å². The second-order valence-electron chi connectivity index (χ2n) is 5.97. The van der Waals surface area contributed by atoms with Gasteiger partial charge < -0.3 is 18.4 Å². The molecule has 0 aliphatic carbocycles. The van der Waals surface area contributed by atoms with Crippen molar-refractivity contribution in [2.45, 2.75) is 20.4 Å². The Labute approximate surface area is 160 Å². The summed E-state index contributed by atoms with van der Waals surface area (Å²) in [6.45, 7) is 5.01. The number of aromatic nitrogens is 3. The Morgan fingerprint density at radius 2 is 1.82 bits per heavy atom. The van der Waals surface area contributed by atoms with Gasteiger partial charge in [-0.25, -0.2) is 4.79 Å². The van der Waals surface area contributed by atoms with Gasteiger partial charge in [-0.05, 0) is 44.2 Å². The van der Waals surface area contributed by atoms with E-state index >= 15 is 0 Å². The van der Waals surface area contributed by atoms with Crippen LogP contribution in [-0.2, 0) is 6.54 Å². The van der Waals surface area contributed by atoms with Crippen molar-refractivity contribution in [1.29, 1.82) is 0 Å². The molecule has 0 radical (unpaired) electrons. The predicted octanol–water partition coefficient (Wildman–Crippen LogP) is 3.49. The summed E-state index contributed by atoms with van der Waals surface area (Å²) in [7, 11) is 0. The summed E-state index contributed by atoms with van der Waals surface area (Å²) in [4.78, 5) is 16.5. The molecular formula is C20H19N3O5. The van der Waals surface area contributed by atoms with Crippen LogP contribution in [0.2, 0.25) is 0 Å². The van der Waals surface area contributed by atoms with Crippen LogP contribution >= 0.6 is 0 Å². The Morgan fingerprint density at radius 1 is 1.04 bits per heavy atom. The zero-order valence-corrected chi connectivity index (χ0v) is 15.5. The zero-order valence-electron chi connectivity index (χ0n) is 15.5. The average molecular weight is 381 g/mol. The van der Waals surface area contributed by atoms with Crippen molar-refractivity contribution in [2.24, 2.45) is 0 Å². The van der Waals surface area contributed by atoms with Crippen LogP contribution in [0.25, 0.3) is 22.6 Å². The summed E-state index contributed by atoms with van der Waals surface area (Å²) in [6, 6.07) is 12.6. The molecule has 0 bridgehead atoms. The van der Waals surface area contributed by atoms with Gasteiger partial charge in [-0.3, -0.25) is 4.57 Å². The van der Waals surface area contributed by atoms with Crippen LogP contribution in [0.4, 0.5) is 0 Å². The highest BCUT2D eigenvalue weighted by atomic mass is 16.5. The smallest absolute Gasteiger partial charge is 0.420 e. The number of hydrogen-bond acceptors (Lipinski definition) is 7. The monoisotopic (exact) mass is 381 g/mol. The number of ether oxygens (including phenoxy) is 2. The molecule has 2 heterocycles. The van der Waals surface area contributed by atoms with Crippen LogP contribution in [0.1, 0.15) is 19.7 Å². The molecular weight excluding hydrogens is 362 g/mol. The first-order valence-corrected chi connectivity index (χ1v) is 9.00. The van der Waals surface area contributed by atoms with Crippen molar-refractivity contribution in [1.82, 2.24) is 14.7 Å². The zero-order chi connectivity index (χ0) is 19.5. The van der Waals surface area contributed by atoms with Crippen LogP contribution in [0.15, 0.2) is 56.2 Å². The van der Waals surface area contributed by atoms with Crippen molar-refractivity contribution >= 4 is 11.1 Å². The third-order valence-corrected chi connectivity index (χ3v) is 4.13. The lowest BCUT2D eigenvalue weighted by Gasteiger charge is -2.11. The summed E-state index contributed by atoms with van der Waals surface area (Å²) < 4.78 is 23.3. The third kappa shape index (κ3) is 3.36. The first-order valence-electron chi connectivity index (χ1n) is 9.00. The minimum Gasteiger partial charge on any atom is -0.490 e. The molecule has 0 unspecified atom stereocenters. The molecule has 0 amide bonds. The molecule has 0 aliphatic heterocycles. The van der Waals surface area contributed by atoms with Gasteiger partial charge in [0.05, 0.1) is 25.3 Å². The normalized spacial score (nSPS) is 11.1. The summed E-state index contributed by atoms with van der Waals surface area (Å²) >= 11 is 0. The Bertz CT molecular complexity index is 1160. The van der Waals surface area contributed by atoms with E-state index in [0.29, 0.717) is 53.1 Å². The number of fused-ring (bicyclic) bond motifs is 1. The van der Waals surface area contributed by atoms with Crippen molar-refractivity contribution in [3.8, 4) is 23.0 Å². The molecule has 0 N–H and O–H groups in total. The standard InChI is InChI=1S/C20H19N3O5/c1-3-25-16-10-9-13(11-17(16)26-4-2)19-21-18(22-28-19)12-23-14-7-5-6-8-15(14)27-20(23)24/h5-11H,3-4,12H2,1-2H3. The van der Waals surface area contributed by atoms with E-state index in [4.69, 9.17) is 18.4 Å². The highest BCUT2D eigenvalue weighted by Crippen LogP contribution is 2.32. The summed E-state index contributed by atoms with van der Waals surface area (Å²) in [5.74, 6) is 1.51. The first-order chi connectivity index (χ1) is 13.7. The maximum absolute atomic E-state index is 12.1. The van der Waals surface area contributed by atoms with Gasteiger partial charge in [-0.15, -0.1) is 0 Å². The molecule has 8 nitrogen and oxygen atoms in total. The number of para-hydroxylation sites is 2. The van der Waals surface area contributed by atoms with Gasteiger partial charge in [0.15, 0.2) is 22.9 Å². The van der Waals surface area contributed by atoms with E-state index in [1.165, 1.54) is 4.57 Å². The molecule has 0 aliphatic rings. The van der Waals surface area contributed by atoms with Crippen molar-refractivity contribution in [3.63, 3.8) is 0 Å². The lowest BCUT2D eigenvalue weighted by molar-refractivity contribution is 0.288. The molecule has 144 valence electrons. The molecule has 0 saturated heterocycles. The summed E-state index contributed by atoms with van der Waals surface area (Å²) in [6.07, 6.45) is 0. The molecule has 4 aromatic rings. The van der Waals surface area contributed by atoms with Crippen LogP contribution in [0, 0.1) is 0 Å². The molecule has 0 saturated carbocycles. The topological polar surface area (TPSA) is 92.5 Å². The number of oxazole rings is 1. The number of hydrogen-bond donors (Lipinski definition) is 0. The van der Waals surface area contributed by atoms with E-state index in [0.717, 1.165) is 0 Å². The van der Waals surface area contributed by atoms with E-state index in [1.807, 2.05) is 44.2 Å². The third-order valence-electron chi connectivity index (χ3n) is 4.13. The average Bonchev–Trinajstić information content (AvgIpc) is 3.29. The van der Waals surface area contributed by atoms with E-state index in [9.17, 15) is 4.79 Å². The number of nitrogens with zero attached hydrogens (tertiary/aromatic N) is 3. The first kappa shape index (κ1) is 17.8. The largest absolute Gasteiger partial charge is 0.490 e. The highest BCUT2D eigenvalue weighted by Gasteiger charge is 2.16. The van der Waals surface area contributed by atoms with Gasteiger partial charge in [0.1, 0.15) is 0 Å². The van der Waals surface area contributed by atoms with Gasteiger partial charge in [0.25, 0.3) is 5.89 Å². The molecule has 2 aromatic carbocycles. The molecule has 2 aromatic heterocycles. The number of rotatable bonds is 7. The fraction of sp³-hybridized carbons (Fsp3) is 0.250. The van der Waals surface area contributed by atoms with Crippen LogP contribution in [0.5, 0.6) is 11.5 Å². The second-order valence-corrected chi connectivity index (χ2v) is 5.97. The Kier molecular flexibility index (Phi) is 4.84. The van der Waals surface area contributed by atoms with Gasteiger partial charge in [-0.2, -0.15) is 4.98 Å². The second kappa shape index (κ2) is 7.59. The maximum atomic E-state index is 12.1. The van der Waals surface area contributed by atoms with Crippen molar-refractivity contribution in [2.75, 3.05) is 13.2 Å². The summed E-state index contributed by atoms with van der Waals surface area (Å²) in [5.41, 5.74) is 1.90. The van der Waals surface area contributed by atoms with E-state index in [1.54, 1.807) is 12.1 Å². The molecule has 28 heavy (non-hydrogen) atoms. The molecule has 8 heteroatoms. The molecule has 0 fully saturated rings. The SMILES string of the molecule is CCOc1ccc(-c2nc(Cn3c(=O)oc4ccccc43)no2)cc1OCC. The van der Waals surface area contributed by atoms with Gasteiger partial charge in [0, 0.05) is 5.56 Å². The van der Waals surface area contributed by atoms with E-state index in [2.05, 4.69) is 10.1 Å². The van der Waals surface area contributed by atoms with E-state index in [-0.39, 0.29) is 6.54 Å². The van der Waals surface area contributed by atoms with Gasteiger partial charge in [-0.1, -0.05) is 17.3 Å². The maximum Gasteiger partial charge on any atom is 0.420 e. The Balaban J connectivity index is 1.63. The molecule has 0 atom stereocenters. The lowest BCUT2D eigenvalue weighted by Crippen LogP contribution is -2.15. The minimum atomic E-state index is -0.466. The minimum absolute atomic E-state index is 0.148. The molecule has 0 spiro atoms. The fourth-order valence-corrected chi connectivity index (χ4v) is 2.92. The van der Waals surface area contributed by atoms with Gasteiger partial charge >= 0.3 is 5.76 Å². The van der Waals surface area contributed by atoms with E-state index < -0.39 is 5.76 Å². The fourth-order valence-electron chi connectivity index (χ4n) is 2.92. The highest BCUT2D eigenvalue weighted by molar-refractivity contribution is 5.72. The predicted molar refractivity (Wildman–Crippen MR) is 102 cm³/mol. The van der Waals surface area contributed by atoms with Crippen LogP contribution < -0.4 is 15.2 Å². The Hall–Kier alpha value is -3.55. The Morgan fingerprint density at radius 3 is 2.64 bits per heavy atom. The van der Waals surface area contributed by atoms with Crippen LogP contribution in [-0.4, -0.2) is 27.9 Å². The van der Waals surface area contributed by atoms with Crippen molar-refractivity contribution in [3.05, 3.63) is 58.8 Å². The number of benzene rings is 2.